The number of aromatic nitrogens is 2. The SMILES string of the molecule is C=CCOC(=NOC)c1cc(-c2nn(C)c(C(F)(F)F)c2Cl)c(F)cc1Cl. The number of ether oxygens (including phenoxy) is 1. The molecule has 0 saturated carbocycles. The molecule has 0 aliphatic rings. The smallest absolute Gasteiger partial charge is 0.434 e. The predicted octanol–water partition coefficient (Wildman–Crippen LogP) is 5.06. The highest BCUT2D eigenvalue weighted by Gasteiger charge is 2.39. The summed E-state index contributed by atoms with van der Waals surface area (Å²) in [6.07, 6.45) is -3.34. The number of hydrogen-bond acceptors (Lipinski definition) is 4. The summed E-state index contributed by atoms with van der Waals surface area (Å²) >= 11 is 11.9. The van der Waals surface area contributed by atoms with E-state index in [1.165, 1.54) is 13.2 Å². The van der Waals surface area contributed by atoms with E-state index in [-0.39, 0.29) is 28.7 Å². The van der Waals surface area contributed by atoms with Crippen molar-refractivity contribution in [1.29, 1.82) is 0 Å². The maximum Gasteiger partial charge on any atom is 0.434 e. The van der Waals surface area contributed by atoms with Crippen LogP contribution in [-0.2, 0) is 22.8 Å². The van der Waals surface area contributed by atoms with Gasteiger partial charge in [-0.05, 0) is 17.3 Å². The zero-order valence-corrected chi connectivity index (χ0v) is 15.6. The molecule has 27 heavy (non-hydrogen) atoms. The minimum Gasteiger partial charge on any atom is -0.471 e. The molecule has 0 amide bonds. The highest BCUT2D eigenvalue weighted by Crippen LogP contribution is 2.41. The van der Waals surface area contributed by atoms with E-state index in [4.69, 9.17) is 27.9 Å². The van der Waals surface area contributed by atoms with Crippen LogP contribution in [-0.4, -0.2) is 29.4 Å². The van der Waals surface area contributed by atoms with Crippen LogP contribution in [0.2, 0.25) is 10.0 Å². The average molecular weight is 426 g/mol. The fourth-order valence-electron chi connectivity index (χ4n) is 2.25. The highest BCUT2D eigenvalue weighted by molar-refractivity contribution is 6.35. The van der Waals surface area contributed by atoms with Crippen LogP contribution in [0, 0.1) is 5.82 Å². The summed E-state index contributed by atoms with van der Waals surface area (Å²) in [6.45, 7) is 3.52. The molecule has 2 rings (SSSR count). The van der Waals surface area contributed by atoms with Gasteiger partial charge in [0, 0.05) is 12.6 Å². The molecule has 5 nitrogen and oxygen atoms in total. The Morgan fingerprint density at radius 2 is 2.04 bits per heavy atom. The molecule has 0 N–H and O–H groups in total. The number of oxime groups is 1. The molecule has 0 bridgehead atoms. The van der Waals surface area contributed by atoms with E-state index in [1.54, 1.807) is 0 Å². The predicted molar refractivity (Wildman–Crippen MR) is 93.3 cm³/mol. The van der Waals surface area contributed by atoms with Gasteiger partial charge in [0.05, 0.1) is 15.6 Å². The fraction of sp³-hybridized carbons (Fsp3) is 0.250. The first-order chi connectivity index (χ1) is 12.6. The van der Waals surface area contributed by atoms with Crippen LogP contribution in [0.4, 0.5) is 17.6 Å². The summed E-state index contributed by atoms with van der Waals surface area (Å²) < 4.78 is 59.6. The molecule has 1 aromatic carbocycles. The summed E-state index contributed by atoms with van der Waals surface area (Å²) in [4.78, 5) is 4.66. The van der Waals surface area contributed by atoms with Crippen LogP contribution in [0.3, 0.4) is 0 Å². The van der Waals surface area contributed by atoms with E-state index in [0.717, 1.165) is 19.2 Å². The van der Waals surface area contributed by atoms with Crippen molar-refractivity contribution in [3.8, 4) is 11.3 Å². The normalized spacial score (nSPS) is 12.2. The topological polar surface area (TPSA) is 48.6 Å². The molecule has 0 unspecified atom stereocenters. The average Bonchev–Trinajstić information content (AvgIpc) is 2.86. The second-order valence-electron chi connectivity index (χ2n) is 5.12. The van der Waals surface area contributed by atoms with E-state index < -0.39 is 28.4 Å². The van der Waals surface area contributed by atoms with Crippen molar-refractivity contribution >= 4 is 29.1 Å². The Balaban J connectivity index is 2.67. The number of halogens is 6. The summed E-state index contributed by atoms with van der Waals surface area (Å²) in [7, 11) is 2.30. The molecule has 1 heterocycles. The third-order valence-corrected chi connectivity index (χ3v) is 3.98. The lowest BCUT2D eigenvalue weighted by molar-refractivity contribution is -0.143. The van der Waals surface area contributed by atoms with Crippen molar-refractivity contribution in [1.82, 2.24) is 9.78 Å². The van der Waals surface area contributed by atoms with Crippen LogP contribution in [0.15, 0.2) is 29.9 Å². The van der Waals surface area contributed by atoms with Gasteiger partial charge in [0.15, 0.2) is 5.69 Å². The van der Waals surface area contributed by atoms with E-state index in [2.05, 4.69) is 21.7 Å². The van der Waals surface area contributed by atoms with Crippen LogP contribution >= 0.6 is 23.2 Å². The van der Waals surface area contributed by atoms with E-state index in [0.29, 0.717) is 4.68 Å². The third kappa shape index (κ3) is 4.36. The molecule has 0 radical (unpaired) electrons. The van der Waals surface area contributed by atoms with Crippen molar-refractivity contribution in [2.24, 2.45) is 12.2 Å². The van der Waals surface area contributed by atoms with Gasteiger partial charge in [0.25, 0.3) is 5.90 Å². The van der Waals surface area contributed by atoms with Crippen molar-refractivity contribution in [3.05, 3.63) is 51.9 Å². The highest BCUT2D eigenvalue weighted by atomic mass is 35.5. The summed E-state index contributed by atoms with van der Waals surface area (Å²) in [6, 6.07) is 2.03. The monoisotopic (exact) mass is 425 g/mol. The Morgan fingerprint density at radius 1 is 1.37 bits per heavy atom. The lowest BCUT2D eigenvalue weighted by atomic mass is 10.1. The van der Waals surface area contributed by atoms with Gasteiger partial charge in [0.1, 0.15) is 25.2 Å². The van der Waals surface area contributed by atoms with Gasteiger partial charge in [0.2, 0.25) is 0 Å². The molecule has 11 heteroatoms. The zero-order valence-electron chi connectivity index (χ0n) is 14.1. The molecule has 0 saturated heterocycles. The third-order valence-electron chi connectivity index (χ3n) is 3.31. The van der Waals surface area contributed by atoms with Crippen LogP contribution in [0.5, 0.6) is 0 Å². The summed E-state index contributed by atoms with van der Waals surface area (Å²) in [5.74, 6) is -1.04. The van der Waals surface area contributed by atoms with Crippen LogP contribution < -0.4 is 0 Å². The summed E-state index contributed by atoms with van der Waals surface area (Å²) in [5, 5.41) is 6.50. The fourth-order valence-corrected chi connectivity index (χ4v) is 2.85. The van der Waals surface area contributed by atoms with E-state index >= 15 is 0 Å². The van der Waals surface area contributed by atoms with Crippen molar-refractivity contribution in [2.75, 3.05) is 13.7 Å². The first-order valence-electron chi connectivity index (χ1n) is 7.26. The number of hydrogen-bond donors (Lipinski definition) is 0. The maximum atomic E-state index is 14.4. The zero-order chi connectivity index (χ0) is 20.4. The Hall–Kier alpha value is -2.26. The Kier molecular flexibility index (Phi) is 6.38. The number of aryl methyl sites for hydroxylation is 1. The molecule has 0 fully saturated rings. The minimum absolute atomic E-state index is 0.0355. The van der Waals surface area contributed by atoms with Gasteiger partial charge in [-0.15, -0.1) is 0 Å². The van der Waals surface area contributed by atoms with Gasteiger partial charge < -0.3 is 9.57 Å². The number of rotatable bonds is 5. The minimum atomic E-state index is -4.77. The van der Waals surface area contributed by atoms with Gasteiger partial charge in [-0.25, -0.2) is 4.39 Å². The molecule has 146 valence electrons. The number of nitrogens with zero attached hydrogens (tertiary/aromatic N) is 3. The van der Waals surface area contributed by atoms with Gasteiger partial charge >= 0.3 is 6.18 Å². The molecule has 0 aliphatic carbocycles. The van der Waals surface area contributed by atoms with Gasteiger partial charge in [-0.3, -0.25) is 4.68 Å². The van der Waals surface area contributed by atoms with Crippen molar-refractivity contribution in [2.45, 2.75) is 6.18 Å². The molecule has 0 spiro atoms. The Bertz CT molecular complexity index is 895. The molecular weight excluding hydrogens is 413 g/mol. The molecular formula is C16H13Cl2F4N3O2. The second kappa shape index (κ2) is 8.18. The Labute approximate surface area is 161 Å². The van der Waals surface area contributed by atoms with Crippen molar-refractivity contribution < 1.29 is 27.1 Å². The van der Waals surface area contributed by atoms with E-state index in [1.807, 2.05) is 0 Å². The molecule has 0 aliphatic heterocycles. The lowest BCUT2D eigenvalue weighted by Gasteiger charge is -2.11. The van der Waals surface area contributed by atoms with Crippen LogP contribution in [0.1, 0.15) is 11.3 Å². The Morgan fingerprint density at radius 3 is 2.56 bits per heavy atom. The lowest BCUT2D eigenvalue weighted by Crippen LogP contribution is -2.12. The molecule has 0 atom stereocenters. The number of benzene rings is 1. The van der Waals surface area contributed by atoms with Crippen molar-refractivity contribution in [3.63, 3.8) is 0 Å². The number of alkyl halides is 3. The molecule has 1 aromatic heterocycles. The van der Waals surface area contributed by atoms with E-state index in [9.17, 15) is 17.6 Å². The second-order valence-corrected chi connectivity index (χ2v) is 5.91. The molecule has 2 aromatic rings. The van der Waals surface area contributed by atoms with Crippen LogP contribution in [0.25, 0.3) is 11.3 Å². The summed E-state index contributed by atoms with van der Waals surface area (Å²) in [5.41, 5.74) is -1.84. The largest absolute Gasteiger partial charge is 0.471 e. The standard InChI is InChI=1S/C16H13Cl2F4N3O2/c1-4-5-27-15(24-26-3)8-6-9(11(19)7-10(8)17)13-12(18)14(16(20,21)22)25(2)23-13/h4,6-7H,1,5H2,2-3H3. The maximum absolute atomic E-state index is 14.4. The first kappa shape index (κ1) is 21.0. The van der Waals surface area contributed by atoms with Gasteiger partial charge in [-0.2, -0.15) is 18.3 Å². The quantitative estimate of drug-likeness (QED) is 0.221. The first-order valence-corrected chi connectivity index (χ1v) is 8.01. The van der Waals surface area contributed by atoms with Gasteiger partial charge in [-0.1, -0.05) is 35.9 Å².